The number of aliphatic hydroxyl groups is 2. The number of esters is 1. The number of ether oxygens (including phenoxy) is 1. The molecule has 1 amide bonds. The number of carbonyl (C=O) groups is 2. The van der Waals surface area contributed by atoms with Crippen LogP contribution in [-0.4, -0.2) is 47.4 Å². The van der Waals surface area contributed by atoms with Gasteiger partial charge in [0.2, 0.25) is 5.91 Å². The van der Waals surface area contributed by atoms with Gasteiger partial charge in [-0.3, -0.25) is 9.59 Å². The molecule has 0 saturated heterocycles. The first kappa shape index (κ1) is 72.6. The molecule has 0 rings (SSSR count). The Labute approximate surface area is 467 Å². The fourth-order valence-corrected chi connectivity index (χ4v) is 9.92. The Morgan fingerprint density at radius 1 is 0.373 bits per heavy atom. The second kappa shape index (κ2) is 64.1. The minimum atomic E-state index is -0.854. The predicted molar refractivity (Wildman–Crippen MR) is 328 cm³/mol. The molecule has 0 aromatic carbocycles. The van der Waals surface area contributed by atoms with Crippen LogP contribution in [0.3, 0.4) is 0 Å². The molecule has 0 spiro atoms. The molecule has 0 aliphatic heterocycles. The maximum Gasteiger partial charge on any atom is 0.305 e. The van der Waals surface area contributed by atoms with Crippen molar-refractivity contribution in [1.29, 1.82) is 0 Å². The molecule has 0 aliphatic rings. The summed E-state index contributed by atoms with van der Waals surface area (Å²) in [5.74, 6) is -0.0852. The summed E-state index contributed by atoms with van der Waals surface area (Å²) in [5.41, 5.74) is 0. The van der Waals surface area contributed by atoms with Crippen LogP contribution in [0.25, 0.3) is 0 Å². The van der Waals surface area contributed by atoms with Crippen LogP contribution >= 0.6 is 0 Å². The zero-order valence-corrected chi connectivity index (χ0v) is 50.0. The van der Waals surface area contributed by atoms with Crippen molar-refractivity contribution in [2.24, 2.45) is 0 Å². The third-order valence-corrected chi connectivity index (χ3v) is 15.0. The zero-order valence-electron chi connectivity index (χ0n) is 50.0. The first-order valence-electron chi connectivity index (χ1n) is 33.1. The Bertz CT molecular complexity index is 1300. The van der Waals surface area contributed by atoms with Gasteiger partial charge in [-0.05, 0) is 89.9 Å². The van der Waals surface area contributed by atoms with Gasteiger partial charge in [0.25, 0.3) is 0 Å². The average molecular weight is 1050 g/mol. The van der Waals surface area contributed by atoms with Gasteiger partial charge in [0.1, 0.15) is 0 Å². The summed E-state index contributed by atoms with van der Waals surface area (Å²) in [6, 6.07) is -0.638. The number of aliphatic hydroxyl groups excluding tert-OH is 2. The highest BCUT2D eigenvalue weighted by Gasteiger charge is 2.18. The summed E-state index contributed by atoms with van der Waals surface area (Å²) in [5, 5.41) is 23.2. The van der Waals surface area contributed by atoms with Gasteiger partial charge in [-0.1, -0.05) is 299 Å². The van der Waals surface area contributed by atoms with Crippen LogP contribution in [-0.2, 0) is 14.3 Å². The van der Waals surface area contributed by atoms with Crippen LogP contribution in [0.15, 0.2) is 60.8 Å². The van der Waals surface area contributed by atoms with Crippen LogP contribution in [0, 0.1) is 0 Å². The summed E-state index contributed by atoms with van der Waals surface area (Å²) in [7, 11) is 0. The van der Waals surface area contributed by atoms with E-state index in [4.69, 9.17) is 4.74 Å². The molecule has 6 nitrogen and oxygen atoms in total. The summed E-state index contributed by atoms with van der Waals surface area (Å²) < 4.78 is 5.47. The molecular weight excluding hydrogens is 923 g/mol. The van der Waals surface area contributed by atoms with Crippen LogP contribution in [0.5, 0.6) is 0 Å². The van der Waals surface area contributed by atoms with Crippen molar-refractivity contribution in [3.8, 4) is 0 Å². The average Bonchev–Trinajstić information content (AvgIpc) is 3.41. The Kier molecular flexibility index (Phi) is 62.0. The molecule has 0 aromatic rings. The fraction of sp³-hybridized carbons (Fsp3) is 0.826. The first-order valence-corrected chi connectivity index (χ1v) is 33.1. The molecule has 0 bridgehead atoms. The Morgan fingerprint density at radius 2 is 0.680 bits per heavy atom. The van der Waals surface area contributed by atoms with E-state index in [1.54, 1.807) is 6.08 Å². The van der Waals surface area contributed by atoms with Crippen molar-refractivity contribution in [3.05, 3.63) is 60.8 Å². The minimum absolute atomic E-state index is 0.00844. The maximum atomic E-state index is 12.5. The normalized spacial score (nSPS) is 13.0. The van der Waals surface area contributed by atoms with E-state index >= 15 is 0 Å². The molecule has 6 heteroatoms. The van der Waals surface area contributed by atoms with E-state index in [2.05, 4.69) is 67.8 Å². The van der Waals surface area contributed by atoms with E-state index in [9.17, 15) is 19.8 Å². The molecule has 0 fully saturated rings. The van der Waals surface area contributed by atoms with Gasteiger partial charge >= 0.3 is 5.97 Å². The molecule has 0 saturated carbocycles. The lowest BCUT2D eigenvalue weighted by Crippen LogP contribution is -2.45. The number of hydrogen-bond donors (Lipinski definition) is 3. The van der Waals surface area contributed by atoms with Crippen LogP contribution in [0.2, 0.25) is 0 Å². The molecule has 2 atom stereocenters. The summed E-state index contributed by atoms with van der Waals surface area (Å²) >= 11 is 0. The number of nitrogens with one attached hydrogen (secondary N) is 1. The molecule has 2 unspecified atom stereocenters. The van der Waals surface area contributed by atoms with Crippen LogP contribution in [0.4, 0.5) is 0 Å². The standard InChI is InChI=1S/C69H127NO5/c1-3-5-7-9-11-13-15-17-19-20-21-25-28-31-34-37-41-45-49-53-57-61-67(72)66(65-71)70-68(73)62-58-54-50-46-42-38-35-32-29-26-23-22-24-27-30-33-36-40-44-48-52-56-60-64-75-69(74)63-59-55-51-47-43-39-18-16-14-12-10-8-6-4-2/h10,12,16,18,22,24,26,29,57,61,66-67,71-72H,3-9,11,13-15,17,19-21,23,25,27-28,30-56,58-60,62-65H2,1-2H3,(H,70,73)/b12-10-,18-16-,24-22-,29-26-,61-57+. The molecule has 0 aromatic heterocycles. The van der Waals surface area contributed by atoms with Gasteiger partial charge in [-0.2, -0.15) is 0 Å². The number of rotatable bonds is 61. The van der Waals surface area contributed by atoms with Gasteiger partial charge in [-0.25, -0.2) is 0 Å². The lowest BCUT2D eigenvalue weighted by Gasteiger charge is -2.20. The Balaban J connectivity index is 3.49. The highest BCUT2D eigenvalue weighted by atomic mass is 16.5. The van der Waals surface area contributed by atoms with E-state index in [-0.39, 0.29) is 18.5 Å². The second-order valence-corrected chi connectivity index (χ2v) is 22.4. The largest absolute Gasteiger partial charge is 0.466 e. The number of allylic oxidation sites excluding steroid dienone is 9. The number of amides is 1. The highest BCUT2D eigenvalue weighted by molar-refractivity contribution is 5.76. The van der Waals surface area contributed by atoms with Crippen molar-refractivity contribution >= 4 is 11.9 Å². The Morgan fingerprint density at radius 3 is 1.05 bits per heavy atom. The molecule has 438 valence electrons. The van der Waals surface area contributed by atoms with E-state index in [0.717, 1.165) is 70.6 Å². The summed E-state index contributed by atoms with van der Waals surface area (Å²) in [6.45, 7) is 4.86. The fourth-order valence-electron chi connectivity index (χ4n) is 9.92. The van der Waals surface area contributed by atoms with Gasteiger partial charge < -0.3 is 20.3 Å². The third kappa shape index (κ3) is 60.6. The summed E-state index contributed by atoms with van der Waals surface area (Å²) in [4.78, 5) is 24.5. The molecule has 75 heavy (non-hydrogen) atoms. The van der Waals surface area contributed by atoms with Gasteiger partial charge in [0.05, 0.1) is 25.4 Å². The van der Waals surface area contributed by atoms with Crippen molar-refractivity contribution in [1.82, 2.24) is 5.32 Å². The third-order valence-electron chi connectivity index (χ3n) is 15.0. The highest BCUT2D eigenvalue weighted by Crippen LogP contribution is 2.17. The first-order chi connectivity index (χ1) is 37.0. The number of carbonyl (C=O) groups excluding carboxylic acids is 2. The predicted octanol–water partition coefficient (Wildman–Crippen LogP) is 21.1. The van der Waals surface area contributed by atoms with Crippen molar-refractivity contribution in [2.45, 2.75) is 353 Å². The topological polar surface area (TPSA) is 95.9 Å². The summed E-state index contributed by atoms with van der Waals surface area (Å²) in [6.07, 6.45) is 84.1. The quantitative estimate of drug-likeness (QED) is 0.0320. The molecule has 0 heterocycles. The lowest BCUT2D eigenvalue weighted by atomic mass is 10.0. The van der Waals surface area contributed by atoms with Gasteiger partial charge in [0, 0.05) is 12.8 Å². The van der Waals surface area contributed by atoms with Crippen molar-refractivity contribution < 1.29 is 24.5 Å². The van der Waals surface area contributed by atoms with E-state index in [1.165, 1.54) is 244 Å². The lowest BCUT2D eigenvalue weighted by molar-refractivity contribution is -0.143. The monoisotopic (exact) mass is 1050 g/mol. The minimum Gasteiger partial charge on any atom is -0.466 e. The smallest absolute Gasteiger partial charge is 0.305 e. The number of hydrogen-bond acceptors (Lipinski definition) is 5. The number of unbranched alkanes of at least 4 members (excludes halogenated alkanes) is 42. The van der Waals surface area contributed by atoms with Gasteiger partial charge in [-0.15, -0.1) is 0 Å². The zero-order chi connectivity index (χ0) is 54.3. The van der Waals surface area contributed by atoms with E-state index in [1.807, 2.05) is 6.08 Å². The SMILES string of the molecule is CCCC/C=C\C/C=C\CCCCCCCC(=O)OCCCCCCCCCCC/C=C\C/C=C\CCCCCCCCCC(=O)NC(CO)C(O)/C=C/CCCCCCCCCCCCCCCCCCCCC. The van der Waals surface area contributed by atoms with Gasteiger partial charge in [0.15, 0.2) is 0 Å². The second-order valence-electron chi connectivity index (χ2n) is 22.4. The molecule has 0 aliphatic carbocycles. The molecular formula is C69H127NO5. The van der Waals surface area contributed by atoms with Crippen molar-refractivity contribution in [3.63, 3.8) is 0 Å². The Hall–Kier alpha value is -2.44. The molecule has 3 N–H and O–H groups in total. The van der Waals surface area contributed by atoms with E-state index < -0.39 is 12.1 Å². The van der Waals surface area contributed by atoms with Crippen LogP contribution < -0.4 is 5.32 Å². The van der Waals surface area contributed by atoms with Crippen LogP contribution in [0.1, 0.15) is 341 Å². The van der Waals surface area contributed by atoms with Crippen molar-refractivity contribution in [2.75, 3.05) is 13.2 Å². The van der Waals surface area contributed by atoms with E-state index in [0.29, 0.717) is 19.4 Å². The molecule has 0 radical (unpaired) electrons. The maximum absolute atomic E-state index is 12.5.